The highest BCUT2D eigenvalue weighted by molar-refractivity contribution is 7.85. The molecule has 0 aliphatic carbocycles. The van der Waals surface area contributed by atoms with Gasteiger partial charge in [0.15, 0.2) is 0 Å². The Morgan fingerprint density at radius 3 is 1.86 bits per heavy atom. The normalized spacial score (nSPS) is 11.3. The fourth-order valence-electron chi connectivity index (χ4n) is 1.88. The molecule has 21 heavy (non-hydrogen) atoms. The van der Waals surface area contributed by atoms with E-state index in [9.17, 15) is 13.2 Å². The van der Waals surface area contributed by atoms with Crippen LogP contribution in [0.1, 0.15) is 27.0 Å². The Kier molecular flexibility index (Phi) is 4.88. The van der Waals surface area contributed by atoms with Crippen molar-refractivity contribution >= 4 is 16.4 Å². The number of hydrogen-bond acceptors (Lipinski definition) is 4. The maximum absolute atomic E-state index is 10.9. The summed E-state index contributed by atoms with van der Waals surface area (Å²) in [6, 6.07) is 15.0. The summed E-state index contributed by atoms with van der Waals surface area (Å²) < 4.78 is 26.6. The van der Waals surface area contributed by atoms with Crippen molar-refractivity contribution in [2.24, 2.45) is 0 Å². The van der Waals surface area contributed by atoms with Gasteiger partial charge in [0, 0.05) is 5.56 Å². The quantitative estimate of drug-likeness (QED) is 0.608. The van der Waals surface area contributed by atoms with Crippen molar-refractivity contribution < 1.29 is 17.4 Å². The molecule has 0 aromatic heterocycles. The summed E-state index contributed by atoms with van der Waals surface area (Å²) >= 11 is 0. The Labute approximate surface area is 124 Å². The van der Waals surface area contributed by atoms with Gasteiger partial charge in [0.2, 0.25) is 0 Å². The Morgan fingerprint density at radius 2 is 1.38 bits per heavy atom. The molecule has 2 aromatic rings. The van der Waals surface area contributed by atoms with E-state index in [1.807, 2.05) is 36.4 Å². The van der Waals surface area contributed by atoms with E-state index in [1.54, 1.807) is 12.1 Å². The molecule has 0 unspecified atom stereocenters. The Bertz CT molecular complexity index is 701. The molecular weight excluding hydrogens is 288 g/mol. The molecular formula is C16H16O4S. The second-order valence-electron chi connectivity index (χ2n) is 4.82. The van der Waals surface area contributed by atoms with Crippen molar-refractivity contribution in [1.82, 2.24) is 0 Å². The average Bonchev–Trinajstić information content (AvgIpc) is 2.46. The van der Waals surface area contributed by atoms with Gasteiger partial charge in [-0.1, -0.05) is 48.5 Å². The van der Waals surface area contributed by atoms with E-state index in [0.717, 1.165) is 35.7 Å². The third-order valence-corrected chi connectivity index (χ3v) is 3.53. The van der Waals surface area contributed by atoms with E-state index >= 15 is 0 Å². The van der Waals surface area contributed by atoms with Crippen molar-refractivity contribution in [1.29, 1.82) is 0 Å². The number of benzene rings is 2. The molecule has 0 amide bonds. The topological polar surface area (TPSA) is 60.4 Å². The second kappa shape index (κ2) is 6.65. The first-order valence-electron chi connectivity index (χ1n) is 6.42. The lowest BCUT2D eigenvalue weighted by atomic mass is 10.0. The molecule has 2 rings (SSSR count). The van der Waals surface area contributed by atoms with E-state index in [1.165, 1.54) is 0 Å². The maximum atomic E-state index is 10.9. The van der Waals surface area contributed by atoms with Gasteiger partial charge in [-0.2, -0.15) is 8.42 Å². The Hall–Kier alpha value is -1.98. The Morgan fingerprint density at radius 1 is 0.905 bits per heavy atom. The largest absolute Gasteiger partial charge is 0.298 e. The third kappa shape index (κ3) is 5.13. The molecule has 0 saturated carbocycles. The molecule has 4 nitrogen and oxygen atoms in total. The predicted octanol–water partition coefficient (Wildman–Crippen LogP) is 2.57. The van der Waals surface area contributed by atoms with Crippen LogP contribution in [0.3, 0.4) is 0 Å². The molecule has 0 aliphatic rings. The molecule has 5 heteroatoms. The number of rotatable bonds is 6. The molecule has 0 aliphatic heterocycles. The monoisotopic (exact) mass is 304 g/mol. The highest BCUT2D eigenvalue weighted by Gasteiger charge is 2.03. The van der Waals surface area contributed by atoms with E-state index < -0.39 is 10.1 Å². The van der Waals surface area contributed by atoms with Gasteiger partial charge in [0.05, 0.1) is 12.9 Å². The standard InChI is InChI=1S/C16H16O4S/c1-21(18,19)20-12-16-8-4-14(5-9-16)10-13-2-6-15(11-17)7-3-13/h2-9,11H,10,12H2,1H3. The summed E-state index contributed by atoms with van der Waals surface area (Å²) in [5.74, 6) is 0. The molecule has 0 bridgehead atoms. The van der Waals surface area contributed by atoms with Crippen LogP contribution >= 0.6 is 0 Å². The minimum atomic E-state index is -3.42. The highest BCUT2D eigenvalue weighted by atomic mass is 32.2. The first kappa shape index (κ1) is 15.4. The van der Waals surface area contributed by atoms with Gasteiger partial charge < -0.3 is 0 Å². The SMILES string of the molecule is CS(=O)(=O)OCc1ccc(Cc2ccc(C=O)cc2)cc1. The zero-order valence-corrected chi connectivity index (χ0v) is 12.5. The summed E-state index contributed by atoms with van der Waals surface area (Å²) in [5.41, 5.74) is 3.69. The predicted molar refractivity (Wildman–Crippen MR) is 80.7 cm³/mol. The zero-order valence-electron chi connectivity index (χ0n) is 11.7. The van der Waals surface area contributed by atoms with Crippen LogP contribution in [0.5, 0.6) is 0 Å². The molecule has 0 atom stereocenters. The van der Waals surface area contributed by atoms with Crippen LogP contribution in [0.15, 0.2) is 48.5 Å². The lowest BCUT2D eigenvalue weighted by molar-refractivity contribution is 0.112. The van der Waals surface area contributed by atoms with Crippen LogP contribution in [0.2, 0.25) is 0 Å². The van der Waals surface area contributed by atoms with Gasteiger partial charge in [-0.15, -0.1) is 0 Å². The number of carbonyl (C=O) groups is 1. The van der Waals surface area contributed by atoms with Crippen molar-refractivity contribution in [3.63, 3.8) is 0 Å². The van der Waals surface area contributed by atoms with E-state index in [0.29, 0.717) is 5.56 Å². The minimum absolute atomic E-state index is 0.0488. The van der Waals surface area contributed by atoms with Crippen LogP contribution < -0.4 is 0 Å². The van der Waals surface area contributed by atoms with Crippen molar-refractivity contribution in [2.45, 2.75) is 13.0 Å². The van der Waals surface area contributed by atoms with Gasteiger partial charge in [0.25, 0.3) is 10.1 Å². The first-order chi connectivity index (χ1) is 9.96. The van der Waals surface area contributed by atoms with Gasteiger partial charge in [-0.25, -0.2) is 0 Å². The molecule has 0 saturated heterocycles. The first-order valence-corrected chi connectivity index (χ1v) is 8.24. The number of carbonyl (C=O) groups excluding carboxylic acids is 1. The highest BCUT2D eigenvalue weighted by Crippen LogP contribution is 2.12. The lowest BCUT2D eigenvalue weighted by Crippen LogP contribution is -2.02. The molecule has 0 N–H and O–H groups in total. The van der Waals surface area contributed by atoms with Crippen LogP contribution in [0.4, 0.5) is 0 Å². The molecule has 2 aromatic carbocycles. The second-order valence-corrected chi connectivity index (χ2v) is 6.46. The van der Waals surface area contributed by atoms with Gasteiger partial charge in [0.1, 0.15) is 6.29 Å². The summed E-state index contributed by atoms with van der Waals surface area (Å²) in [4.78, 5) is 10.6. The molecule has 0 heterocycles. The lowest BCUT2D eigenvalue weighted by Gasteiger charge is -2.05. The van der Waals surface area contributed by atoms with E-state index in [2.05, 4.69) is 0 Å². The third-order valence-electron chi connectivity index (χ3n) is 2.99. The van der Waals surface area contributed by atoms with Crippen LogP contribution in [0, 0.1) is 0 Å². The average molecular weight is 304 g/mol. The van der Waals surface area contributed by atoms with Crippen molar-refractivity contribution in [3.8, 4) is 0 Å². The molecule has 0 fully saturated rings. The van der Waals surface area contributed by atoms with Crippen LogP contribution in [-0.2, 0) is 27.3 Å². The van der Waals surface area contributed by atoms with E-state index in [-0.39, 0.29) is 6.61 Å². The number of aldehydes is 1. The summed E-state index contributed by atoms with van der Waals surface area (Å²) in [5, 5.41) is 0. The maximum Gasteiger partial charge on any atom is 0.264 e. The van der Waals surface area contributed by atoms with Crippen molar-refractivity contribution in [3.05, 3.63) is 70.8 Å². The van der Waals surface area contributed by atoms with Crippen LogP contribution in [0.25, 0.3) is 0 Å². The summed E-state index contributed by atoms with van der Waals surface area (Å²) in [7, 11) is -3.42. The fraction of sp³-hybridized carbons (Fsp3) is 0.188. The van der Waals surface area contributed by atoms with Gasteiger partial charge >= 0.3 is 0 Å². The number of hydrogen-bond donors (Lipinski definition) is 0. The Balaban J connectivity index is 1.99. The van der Waals surface area contributed by atoms with Gasteiger partial charge in [-0.3, -0.25) is 8.98 Å². The van der Waals surface area contributed by atoms with Crippen LogP contribution in [-0.4, -0.2) is 21.0 Å². The fourth-order valence-corrected chi connectivity index (χ4v) is 2.23. The zero-order chi connectivity index (χ0) is 15.3. The smallest absolute Gasteiger partial charge is 0.264 e. The molecule has 0 radical (unpaired) electrons. The van der Waals surface area contributed by atoms with E-state index in [4.69, 9.17) is 4.18 Å². The molecule has 0 spiro atoms. The molecule has 110 valence electrons. The summed E-state index contributed by atoms with van der Waals surface area (Å²) in [6.45, 7) is 0.0488. The van der Waals surface area contributed by atoms with Gasteiger partial charge in [-0.05, 0) is 23.1 Å². The summed E-state index contributed by atoms with van der Waals surface area (Å²) in [6.07, 6.45) is 2.61. The minimum Gasteiger partial charge on any atom is -0.298 e. The van der Waals surface area contributed by atoms with Crippen molar-refractivity contribution in [2.75, 3.05) is 6.26 Å².